The van der Waals surface area contributed by atoms with Gasteiger partial charge in [-0.05, 0) is 50.8 Å². The summed E-state index contributed by atoms with van der Waals surface area (Å²) >= 11 is 0. The van der Waals surface area contributed by atoms with Crippen LogP contribution in [0.4, 0.5) is 10.5 Å². The summed E-state index contributed by atoms with van der Waals surface area (Å²) in [6.45, 7) is 8.70. The Morgan fingerprint density at radius 3 is 2.52 bits per heavy atom. The molecule has 3 saturated heterocycles. The van der Waals surface area contributed by atoms with Crippen molar-refractivity contribution < 1.29 is 19.0 Å². The number of rotatable bonds is 7. The van der Waals surface area contributed by atoms with Gasteiger partial charge in [0.25, 0.3) is 0 Å². The first kappa shape index (κ1) is 25.7. The molecular formula is C30H38N6O4. The SMILES string of the molecule is CCOC1(c2ccc(-c3cc4c(N5CCN(C(=O)OC6COC6)CC5)ccnn4c3)nc2)CCN(C2CC2)CC1. The third kappa shape index (κ3) is 4.93. The molecule has 1 saturated carbocycles. The van der Waals surface area contributed by atoms with Gasteiger partial charge in [0.05, 0.1) is 35.7 Å². The molecule has 0 bridgehead atoms. The van der Waals surface area contributed by atoms with Gasteiger partial charge in [0.2, 0.25) is 0 Å². The maximum atomic E-state index is 12.4. The molecule has 6 heterocycles. The zero-order valence-corrected chi connectivity index (χ0v) is 23.2. The van der Waals surface area contributed by atoms with Gasteiger partial charge >= 0.3 is 6.09 Å². The maximum absolute atomic E-state index is 12.4. The quantitative estimate of drug-likeness (QED) is 0.445. The molecule has 212 valence electrons. The Balaban J connectivity index is 1.06. The van der Waals surface area contributed by atoms with Gasteiger partial charge in [0.15, 0.2) is 6.10 Å². The highest BCUT2D eigenvalue weighted by Crippen LogP contribution is 2.40. The van der Waals surface area contributed by atoms with E-state index in [1.807, 2.05) is 23.1 Å². The predicted molar refractivity (Wildman–Crippen MR) is 150 cm³/mol. The Hall–Kier alpha value is -3.21. The summed E-state index contributed by atoms with van der Waals surface area (Å²) in [5.41, 5.74) is 5.03. The number of nitrogens with zero attached hydrogens (tertiary/aromatic N) is 6. The van der Waals surface area contributed by atoms with Crippen LogP contribution in [0.1, 0.15) is 38.2 Å². The summed E-state index contributed by atoms with van der Waals surface area (Å²) in [4.78, 5) is 24.1. The van der Waals surface area contributed by atoms with Crippen LogP contribution in [0.5, 0.6) is 0 Å². The Morgan fingerprint density at radius 1 is 1.07 bits per heavy atom. The van der Waals surface area contributed by atoms with E-state index in [1.165, 1.54) is 18.4 Å². The van der Waals surface area contributed by atoms with E-state index in [2.05, 4.69) is 46.1 Å². The number of pyridine rings is 1. The fourth-order valence-corrected chi connectivity index (χ4v) is 6.35. The van der Waals surface area contributed by atoms with Crippen LogP contribution in [0, 0.1) is 0 Å². The highest BCUT2D eigenvalue weighted by Gasteiger charge is 2.41. The Morgan fingerprint density at radius 2 is 1.88 bits per heavy atom. The Bertz CT molecular complexity index is 1340. The molecule has 0 aromatic carbocycles. The van der Waals surface area contributed by atoms with Crippen LogP contribution in [0.3, 0.4) is 0 Å². The van der Waals surface area contributed by atoms with E-state index in [0.717, 1.165) is 67.5 Å². The van der Waals surface area contributed by atoms with Crippen molar-refractivity contribution in [2.75, 3.05) is 64.0 Å². The number of aromatic nitrogens is 3. The fraction of sp³-hybridized carbons (Fsp3) is 0.567. The Kier molecular flexibility index (Phi) is 6.85. The number of likely N-dealkylation sites (tertiary alicyclic amines) is 1. The molecule has 0 unspecified atom stereocenters. The fourth-order valence-electron chi connectivity index (χ4n) is 6.35. The molecule has 3 aliphatic heterocycles. The average Bonchev–Trinajstić information content (AvgIpc) is 3.73. The number of carbonyl (C=O) groups is 1. The van der Waals surface area contributed by atoms with Gasteiger partial charge in [-0.2, -0.15) is 5.10 Å². The molecule has 10 nitrogen and oxygen atoms in total. The van der Waals surface area contributed by atoms with E-state index in [0.29, 0.717) is 32.9 Å². The van der Waals surface area contributed by atoms with Crippen LogP contribution in [0.25, 0.3) is 16.8 Å². The van der Waals surface area contributed by atoms with E-state index in [9.17, 15) is 4.79 Å². The molecule has 0 atom stereocenters. The van der Waals surface area contributed by atoms with Crippen molar-refractivity contribution >= 4 is 17.3 Å². The van der Waals surface area contributed by atoms with E-state index in [1.54, 1.807) is 4.90 Å². The Labute approximate surface area is 234 Å². The average molecular weight is 547 g/mol. The third-order valence-electron chi connectivity index (χ3n) is 8.91. The number of hydrogen-bond acceptors (Lipinski definition) is 8. The van der Waals surface area contributed by atoms with E-state index < -0.39 is 0 Å². The monoisotopic (exact) mass is 546 g/mol. The summed E-state index contributed by atoms with van der Waals surface area (Å²) in [7, 11) is 0. The van der Waals surface area contributed by atoms with Gasteiger partial charge in [-0.25, -0.2) is 9.31 Å². The minimum absolute atomic E-state index is 0.0998. The number of ether oxygens (including phenoxy) is 3. The lowest BCUT2D eigenvalue weighted by Crippen LogP contribution is -2.51. The number of piperazine rings is 1. The molecule has 1 aliphatic carbocycles. The topological polar surface area (TPSA) is 84.7 Å². The molecule has 3 aromatic heterocycles. The summed E-state index contributed by atoms with van der Waals surface area (Å²) in [5.74, 6) is 0. The number of hydrogen-bond donors (Lipinski definition) is 0. The minimum atomic E-state index is -0.244. The van der Waals surface area contributed by atoms with Crippen molar-refractivity contribution in [3.05, 3.63) is 48.4 Å². The second kappa shape index (κ2) is 10.6. The molecule has 7 rings (SSSR count). The molecule has 0 radical (unpaired) electrons. The lowest BCUT2D eigenvalue weighted by atomic mass is 9.84. The molecule has 4 aliphatic rings. The molecule has 4 fully saturated rings. The molecule has 40 heavy (non-hydrogen) atoms. The van der Waals surface area contributed by atoms with Crippen molar-refractivity contribution in [3.63, 3.8) is 0 Å². The van der Waals surface area contributed by atoms with E-state index >= 15 is 0 Å². The highest BCUT2D eigenvalue weighted by molar-refractivity contribution is 5.79. The molecule has 3 aromatic rings. The zero-order chi connectivity index (χ0) is 27.1. The number of anilines is 1. The summed E-state index contributed by atoms with van der Waals surface area (Å²) in [6, 6.07) is 9.34. The van der Waals surface area contributed by atoms with Crippen molar-refractivity contribution in [1.82, 2.24) is 24.4 Å². The number of piperidine rings is 1. The standard InChI is InChI=1S/C30H38N6O4/c1-2-39-30(8-11-33(12-9-30)24-4-5-24)23-3-6-26(31-18-23)22-17-28-27(7-10-32-36(28)19-22)34-13-15-35(16-14-34)29(37)40-25-20-38-21-25/h3,6-7,10,17-19,24-25H,2,4-5,8-9,11-16,20-21H2,1H3. The van der Waals surface area contributed by atoms with Crippen LogP contribution >= 0.6 is 0 Å². The van der Waals surface area contributed by atoms with Gasteiger partial charge in [0, 0.05) is 81.6 Å². The van der Waals surface area contributed by atoms with Gasteiger partial charge < -0.3 is 28.9 Å². The lowest BCUT2D eigenvalue weighted by molar-refractivity contribution is -0.104. The summed E-state index contributed by atoms with van der Waals surface area (Å²) < 4.78 is 18.9. The third-order valence-corrected chi connectivity index (χ3v) is 8.91. The van der Waals surface area contributed by atoms with Gasteiger partial charge in [-0.15, -0.1) is 0 Å². The van der Waals surface area contributed by atoms with Crippen molar-refractivity contribution in [3.8, 4) is 11.3 Å². The van der Waals surface area contributed by atoms with Crippen molar-refractivity contribution in [2.45, 2.75) is 50.4 Å². The maximum Gasteiger partial charge on any atom is 0.410 e. The van der Waals surface area contributed by atoms with Crippen molar-refractivity contribution in [1.29, 1.82) is 0 Å². The molecule has 0 spiro atoms. The molecular weight excluding hydrogens is 508 g/mol. The molecule has 0 N–H and O–H groups in total. The van der Waals surface area contributed by atoms with Crippen LogP contribution in [0.15, 0.2) is 42.9 Å². The summed E-state index contributed by atoms with van der Waals surface area (Å²) in [6.07, 6.45) is 10.3. The first-order chi connectivity index (χ1) is 19.6. The lowest BCUT2D eigenvalue weighted by Gasteiger charge is -2.42. The van der Waals surface area contributed by atoms with E-state index in [-0.39, 0.29) is 17.8 Å². The van der Waals surface area contributed by atoms with Gasteiger partial charge in [-0.1, -0.05) is 6.07 Å². The minimum Gasteiger partial charge on any atom is -0.441 e. The molecule has 1 amide bonds. The van der Waals surface area contributed by atoms with Crippen LogP contribution < -0.4 is 4.90 Å². The largest absolute Gasteiger partial charge is 0.441 e. The summed E-state index contributed by atoms with van der Waals surface area (Å²) in [5, 5.41) is 4.57. The van der Waals surface area contributed by atoms with Gasteiger partial charge in [-0.3, -0.25) is 4.98 Å². The second-order valence-corrected chi connectivity index (χ2v) is 11.4. The number of carbonyl (C=O) groups excluding carboxylic acids is 1. The molecule has 10 heteroatoms. The van der Waals surface area contributed by atoms with Crippen molar-refractivity contribution in [2.24, 2.45) is 0 Å². The number of fused-ring (bicyclic) bond motifs is 1. The first-order valence-electron chi connectivity index (χ1n) is 14.7. The van der Waals surface area contributed by atoms with Crippen LogP contribution in [-0.2, 0) is 19.8 Å². The van der Waals surface area contributed by atoms with E-state index in [4.69, 9.17) is 19.2 Å². The van der Waals surface area contributed by atoms with Crippen LogP contribution in [-0.4, -0.2) is 102 Å². The normalized spacial score (nSPS) is 21.9. The number of amides is 1. The predicted octanol–water partition coefficient (Wildman–Crippen LogP) is 3.54. The van der Waals surface area contributed by atoms with Gasteiger partial charge in [0.1, 0.15) is 0 Å². The van der Waals surface area contributed by atoms with Crippen LogP contribution in [0.2, 0.25) is 0 Å². The second-order valence-electron chi connectivity index (χ2n) is 11.4. The zero-order valence-electron chi connectivity index (χ0n) is 23.2. The smallest absolute Gasteiger partial charge is 0.410 e. The first-order valence-corrected chi connectivity index (χ1v) is 14.7. The highest BCUT2D eigenvalue weighted by atomic mass is 16.6.